The highest BCUT2D eigenvalue weighted by molar-refractivity contribution is 5.45. The van der Waals surface area contributed by atoms with Crippen molar-refractivity contribution in [2.75, 3.05) is 0 Å². The zero-order chi connectivity index (χ0) is 32.8. The molecule has 4 rings (SSSR count). The largest absolute Gasteiger partial charge is 0.416 e. The van der Waals surface area contributed by atoms with E-state index >= 15 is 0 Å². The summed E-state index contributed by atoms with van der Waals surface area (Å²) in [5.41, 5.74) is -1.78. The first-order chi connectivity index (χ1) is 20.3. The molecule has 0 aliphatic rings. The van der Waals surface area contributed by atoms with Gasteiger partial charge in [-0.15, -0.1) is 0 Å². The standard InChI is InChI=1S/2C16H8F6/c2*17-15(18,19)13-7-3-11(4-8-13)1-2-12-5-9-14(10-6-12)16(20,21)22/h2*3-10H. The van der Waals surface area contributed by atoms with E-state index in [0.29, 0.717) is 22.3 Å². The van der Waals surface area contributed by atoms with E-state index in [1.165, 1.54) is 48.5 Å². The Balaban J connectivity index is 0.000000240. The molecule has 0 amide bonds. The van der Waals surface area contributed by atoms with Crippen LogP contribution in [0.1, 0.15) is 44.5 Å². The van der Waals surface area contributed by atoms with Crippen LogP contribution in [0.5, 0.6) is 0 Å². The van der Waals surface area contributed by atoms with E-state index in [2.05, 4.69) is 23.7 Å². The van der Waals surface area contributed by atoms with E-state index in [4.69, 9.17) is 0 Å². The van der Waals surface area contributed by atoms with E-state index in [1.54, 1.807) is 0 Å². The van der Waals surface area contributed by atoms with Crippen molar-refractivity contribution in [1.29, 1.82) is 0 Å². The monoisotopic (exact) mass is 628 g/mol. The van der Waals surface area contributed by atoms with Gasteiger partial charge in [0.15, 0.2) is 0 Å². The molecule has 4 aromatic carbocycles. The Morgan fingerprint density at radius 2 is 0.386 bits per heavy atom. The molecule has 228 valence electrons. The minimum atomic E-state index is -4.42. The molecule has 44 heavy (non-hydrogen) atoms. The van der Waals surface area contributed by atoms with Crippen molar-refractivity contribution in [2.24, 2.45) is 0 Å². The lowest BCUT2D eigenvalue weighted by atomic mass is 10.1. The van der Waals surface area contributed by atoms with Crippen LogP contribution in [0.15, 0.2) is 97.1 Å². The van der Waals surface area contributed by atoms with Crippen molar-refractivity contribution >= 4 is 0 Å². The first-order valence-electron chi connectivity index (χ1n) is 12.1. The quantitative estimate of drug-likeness (QED) is 0.134. The van der Waals surface area contributed by atoms with Crippen LogP contribution in [0, 0.1) is 23.7 Å². The van der Waals surface area contributed by atoms with Crippen molar-refractivity contribution in [3.63, 3.8) is 0 Å². The van der Waals surface area contributed by atoms with Crippen molar-refractivity contribution in [2.45, 2.75) is 24.7 Å². The number of hydrogen-bond acceptors (Lipinski definition) is 0. The Bertz CT molecular complexity index is 1390. The van der Waals surface area contributed by atoms with Gasteiger partial charge in [0, 0.05) is 22.3 Å². The van der Waals surface area contributed by atoms with Crippen LogP contribution >= 0.6 is 0 Å². The fraction of sp³-hybridized carbons (Fsp3) is 0.125. The molecule has 4 aromatic rings. The number of alkyl halides is 12. The fourth-order valence-electron chi connectivity index (χ4n) is 3.26. The molecule has 0 saturated heterocycles. The fourth-order valence-corrected chi connectivity index (χ4v) is 3.26. The molecule has 0 unspecified atom stereocenters. The molecule has 12 heteroatoms. The first-order valence-corrected chi connectivity index (χ1v) is 12.1. The first kappa shape index (κ1) is 33.7. The minimum absolute atomic E-state index is 0.341. The third-order valence-corrected chi connectivity index (χ3v) is 5.55. The van der Waals surface area contributed by atoms with Gasteiger partial charge in [0.1, 0.15) is 0 Å². The molecule has 0 nitrogen and oxygen atoms in total. The second-order valence-electron chi connectivity index (χ2n) is 8.80. The van der Waals surface area contributed by atoms with Gasteiger partial charge in [-0.1, -0.05) is 23.7 Å². The topological polar surface area (TPSA) is 0 Å². The normalized spacial score (nSPS) is 11.7. The number of hydrogen-bond donors (Lipinski definition) is 0. The third-order valence-electron chi connectivity index (χ3n) is 5.55. The van der Waals surface area contributed by atoms with Gasteiger partial charge in [-0.3, -0.25) is 0 Å². The van der Waals surface area contributed by atoms with Crippen LogP contribution in [0.3, 0.4) is 0 Å². The predicted molar refractivity (Wildman–Crippen MR) is 138 cm³/mol. The Morgan fingerprint density at radius 1 is 0.250 bits per heavy atom. The third kappa shape index (κ3) is 10.2. The Morgan fingerprint density at radius 3 is 0.500 bits per heavy atom. The summed E-state index contributed by atoms with van der Waals surface area (Å²) in [4.78, 5) is 0. The summed E-state index contributed by atoms with van der Waals surface area (Å²) in [6.45, 7) is 0. The maximum atomic E-state index is 12.4. The van der Waals surface area contributed by atoms with Crippen LogP contribution in [0.2, 0.25) is 0 Å². The summed E-state index contributed by atoms with van der Waals surface area (Å²) in [6, 6.07) is 16.9. The van der Waals surface area contributed by atoms with E-state index in [1.807, 2.05) is 0 Å². The van der Waals surface area contributed by atoms with Gasteiger partial charge < -0.3 is 0 Å². The molecule has 0 atom stereocenters. The maximum absolute atomic E-state index is 12.4. The summed E-state index contributed by atoms with van der Waals surface area (Å²) in [5.74, 6) is 10.4. The molecule has 0 aromatic heterocycles. The van der Waals surface area contributed by atoms with E-state index in [0.717, 1.165) is 48.5 Å². The van der Waals surface area contributed by atoms with Crippen LogP contribution in [0.25, 0.3) is 0 Å². The summed E-state index contributed by atoms with van der Waals surface area (Å²) in [7, 11) is 0. The zero-order valence-electron chi connectivity index (χ0n) is 21.8. The zero-order valence-corrected chi connectivity index (χ0v) is 21.8. The molecule has 0 aliphatic carbocycles. The second kappa shape index (κ2) is 13.2. The molecular weight excluding hydrogens is 612 g/mol. The number of rotatable bonds is 0. The highest BCUT2D eigenvalue weighted by Crippen LogP contribution is 2.31. The highest BCUT2D eigenvalue weighted by Gasteiger charge is 2.32. The van der Waals surface area contributed by atoms with Crippen molar-refractivity contribution in [3.05, 3.63) is 142 Å². The lowest BCUT2D eigenvalue weighted by molar-refractivity contribution is -0.138. The molecule has 0 heterocycles. The van der Waals surface area contributed by atoms with Crippen LogP contribution in [-0.4, -0.2) is 0 Å². The minimum Gasteiger partial charge on any atom is -0.166 e. The highest BCUT2D eigenvalue weighted by atomic mass is 19.4. The van der Waals surface area contributed by atoms with Crippen molar-refractivity contribution in [3.8, 4) is 23.7 Å². The summed E-state index contributed by atoms with van der Waals surface area (Å²) >= 11 is 0. The van der Waals surface area contributed by atoms with E-state index < -0.39 is 47.0 Å². The summed E-state index contributed by atoms with van der Waals surface area (Å²) in [6.07, 6.45) is -17.7. The Kier molecular flexibility index (Phi) is 10.1. The van der Waals surface area contributed by atoms with Crippen LogP contribution in [-0.2, 0) is 24.7 Å². The van der Waals surface area contributed by atoms with E-state index in [9.17, 15) is 52.7 Å². The average Bonchev–Trinajstić information content (AvgIpc) is 2.94. The molecule has 0 radical (unpaired) electrons. The van der Waals surface area contributed by atoms with Crippen molar-refractivity contribution in [1.82, 2.24) is 0 Å². The van der Waals surface area contributed by atoms with Gasteiger partial charge in [0.05, 0.1) is 22.3 Å². The molecule has 0 N–H and O–H groups in total. The second-order valence-corrected chi connectivity index (χ2v) is 8.80. The van der Waals surface area contributed by atoms with Gasteiger partial charge in [0.25, 0.3) is 0 Å². The van der Waals surface area contributed by atoms with Crippen LogP contribution in [0.4, 0.5) is 52.7 Å². The van der Waals surface area contributed by atoms with Gasteiger partial charge >= 0.3 is 24.7 Å². The molecule has 0 fully saturated rings. The van der Waals surface area contributed by atoms with Gasteiger partial charge in [-0.2, -0.15) is 52.7 Å². The Labute approximate surface area is 243 Å². The maximum Gasteiger partial charge on any atom is 0.416 e. The summed E-state index contributed by atoms with van der Waals surface area (Å²) < 4.78 is 149. The molecule has 0 bridgehead atoms. The SMILES string of the molecule is FC(F)(F)c1ccc(C#Cc2ccc(C(F)(F)F)cc2)cc1.FC(F)(F)c1ccc(C#Cc2ccc(C(F)(F)F)cc2)cc1. The Hall–Kier alpha value is -4.84. The van der Waals surface area contributed by atoms with E-state index in [-0.39, 0.29) is 0 Å². The smallest absolute Gasteiger partial charge is 0.166 e. The van der Waals surface area contributed by atoms with Gasteiger partial charge in [0.2, 0.25) is 0 Å². The molecule has 0 spiro atoms. The predicted octanol–water partition coefficient (Wildman–Crippen LogP) is 10.2. The summed E-state index contributed by atoms with van der Waals surface area (Å²) in [5, 5.41) is 0. The van der Waals surface area contributed by atoms with Crippen LogP contribution < -0.4 is 0 Å². The average molecular weight is 628 g/mol. The van der Waals surface area contributed by atoms with Gasteiger partial charge in [-0.25, -0.2) is 0 Å². The molecule has 0 saturated carbocycles. The lowest BCUT2D eigenvalue weighted by Gasteiger charge is -2.05. The number of benzene rings is 4. The molecular formula is C32H16F12. The number of halogens is 12. The van der Waals surface area contributed by atoms with Crippen molar-refractivity contribution < 1.29 is 52.7 Å². The molecule has 0 aliphatic heterocycles. The van der Waals surface area contributed by atoms with Gasteiger partial charge in [-0.05, 0) is 97.1 Å². The lowest BCUT2D eigenvalue weighted by Crippen LogP contribution is -2.04.